The molecule has 0 N–H and O–H groups in total. The Morgan fingerprint density at radius 2 is 1.33 bits per heavy atom. The van der Waals surface area contributed by atoms with Gasteiger partial charge in [-0.15, -0.1) is 0 Å². The molecule has 0 fully saturated rings. The third-order valence-electron chi connectivity index (χ3n) is 3.15. The summed E-state index contributed by atoms with van der Waals surface area (Å²) in [7, 11) is -4.63. The maximum atomic E-state index is 11.4. The molecule has 0 spiro atoms. The van der Waals surface area contributed by atoms with Crippen molar-refractivity contribution < 1.29 is 31.8 Å². The molecular weight excluding hydrogens is 326 g/mol. The molecule has 0 aliphatic heterocycles. The first-order chi connectivity index (χ1) is 9.41. The van der Waals surface area contributed by atoms with Crippen LogP contribution in [0.3, 0.4) is 0 Å². The van der Waals surface area contributed by atoms with Crippen LogP contribution in [-0.4, -0.2) is 13.0 Å². The van der Waals surface area contributed by atoms with Crippen LogP contribution in [0.1, 0.15) is 0 Å². The third kappa shape index (κ3) is 2.68. The Kier molecular flexibility index (Phi) is 4.60. The first-order valence-electron chi connectivity index (χ1n) is 5.65. The second kappa shape index (κ2) is 5.81. The van der Waals surface area contributed by atoms with Gasteiger partial charge in [0, 0.05) is 21.5 Å². The maximum Gasteiger partial charge on any atom is 1.00 e. The maximum absolute atomic E-state index is 11.4. The minimum Gasteiger partial charge on any atom is -0.744 e. The molecule has 21 heavy (non-hydrogen) atoms. The van der Waals surface area contributed by atoms with Crippen LogP contribution >= 0.6 is 23.2 Å². The topological polar surface area (TPSA) is 57.2 Å². The fourth-order valence-electron chi connectivity index (χ4n) is 2.29. The molecule has 7 heteroatoms. The van der Waals surface area contributed by atoms with E-state index in [0.29, 0.717) is 21.2 Å². The summed E-state index contributed by atoms with van der Waals surface area (Å²) < 4.78 is 34.2. The van der Waals surface area contributed by atoms with E-state index in [1.807, 2.05) is 6.07 Å². The van der Waals surface area contributed by atoms with Crippen LogP contribution in [0.4, 0.5) is 0 Å². The van der Waals surface area contributed by atoms with E-state index in [-0.39, 0.29) is 34.2 Å². The summed E-state index contributed by atoms with van der Waals surface area (Å²) in [6.07, 6.45) is 0. The summed E-state index contributed by atoms with van der Waals surface area (Å²) in [5.74, 6) is 0. The quantitative estimate of drug-likeness (QED) is 0.382. The molecule has 0 aromatic heterocycles. The van der Waals surface area contributed by atoms with Gasteiger partial charge in [-0.05, 0) is 6.07 Å². The predicted molar refractivity (Wildman–Crippen MR) is 79.4 cm³/mol. The van der Waals surface area contributed by atoms with Crippen molar-refractivity contribution in [3.63, 3.8) is 0 Å². The van der Waals surface area contributed by atoms with E-state index in [0.717, 1.165) is 0 Å². The van der Waals surface area contributed by atoms with Gasteiger partial charge in [-0.1, -0.05) is 59.6 Å². The number of halogens is 2. The van der Waals surface area contributed by atoms with Crippen molar-refractivity contribution in [1.29, 1.82) is 0 Å². The SMILES string of the molecule is O=S(=O)([O-])c1cccc2c(Cl)c3ccccc3c(Cl)c12.[Li+]. The van der Waals surface area contributed by atoms with Crippen molar-refractivity contribution in [2.75, 3.05) is 0 Å². The van der Waals surface area contributed by atoms with Crippen molar-refractivity contribution in [2.45, 2.75) is 4.90 Å². The largest absolute Gasteiger partial charge is 1.00 e. The molecule has 3 aromatic rings. The first-order valence-corrected chi connectivity index (χ1v) is 7.82. The molecule has 0 amide bonds. The van der Waals surface area contributed by atoms with E-state index >= 15 is 0 Å². The molecule has 0 aliphatic rings. The van der Waals surface area contributed by atoms with E-state index in [4.69, 9.17) is 23.2 Å². The van der Waals surface area contributed by atoms with Gasteiger partial charge >= 0.3 is 18.9 Å². The minimum atomic E-state index is -4.63. The van der Waals surface area contributed by atoms with Crippen LogP contribution in [0.25, 0.3) is 21.5 Å². The molecule has 0 saturated heterocycles. The van der Waals surface area contributed by atoms with Gasteiger partial charge in [0.05, 0.1) is 14.9 Å². The average Bonchev–Trinajstić information content (AvgIpc) is 2.43. The molecule has 0 bridgehead atoms. The zero-order chi connectivity index (χ0) is 14.5. The molecule has 0 heterocycles. The van der Waals surface area contributed by atoms with Crippen molar-refractivity contribution >= 4 is 54.9 Å². The predicted octanol–water partition coefficient (Wildman–Crippen LogP) is 1.21. The minimum absolute atomic E-state index is 0. The normalized spacial score (nSPS) is 11.6. The Morgan fingerprint density at radius 1 is 0.810 bits per heavy atom. The molecule has 0 aliphatic carbocycles. The van der Waals surface area contributed by atoms with Gasteiger partial charge in [-0.25, -0.2) is 8.42 Å². The molecular formula is C14H7Cl2LiO3S. The number of fused-ring (bicyclic) bond motifs is 2. The zero-order valence-corrected chi connectivity index (χ0v) is 13.3. The summed E-state index contributed by atoms with van der Waals surface area (Å²) in [4.78, 5) is -0.354. The van der Waals surface area contributed by atoms with Gasteiger partial charge in [0.15, 0.2) is 0 Å². The molecule has 0 radical (unpaired) electrons. The van der Waals surface area contributed by atoms with Crippen LogP contribution in [0.2, 0.25) is 10.0 Å². The smallest absolute Gasteiger partial charge is 0.744 e. The fraction of sp³-hybridized carbons (Fsp3) is 0. The number of hydrogen-bond donors (Lipinski definition) is 0. The molecule has 3 nitrogen and oxygen atoms in total. The van der Waals surface area contributed by atoms with Crippen molar-refractivity contribution in [1.82, 2.24) is 0 Å². The van der Waals surface area contributed by atoms with Crippen LogP contribution in [0, 0.1) is 0 Å². The van der Waals surface area contributed by atoms with Gasteiger partial charge < -0.3 is 4.55 Å². The van der Waals surface area contributed by atoms with Gasteiger partial charge in [0.2, 0.25) is 0 Å². The van der Waals surface area contributed by atoms with Crippen LogP contribution in [0.15, 0.2) is 47.4 Å². The van der Waals surface area contributed by atoms with Gasteiger partial charge in [-0.3, -0.25) is 0 Å². The third-order valence-corrected chi connectivity index (χ3v) is 4.83. The molecule has 0 atom stereocenters. The van der Waals surface area contributed by atoms with Gasteiger partial charge in [0.1, 0.15) is 10.1 Å². The van der Waals surface area contributed by atoms with E-state index in [1.165, 1.54) is 12.1 Å². The second-order valence-electron chi connectivity index (χ2n) is 4.31. The number of rotatable bonds is 1. The Bertz CT molecular complexity index is 955. The summed E-state index contributed by atoms with van der Waals surface area (Å²) in [6, 6.07) is 11.5. The summed E-state index contributed by atoms with van der Waals surface area (Å²) in [5.41, 5.74) is 0. The van der Waals surface area contributed by atoms with Gasteiger partial charge in [0.25, 0.3) is 0 Å². The monoisotopic (exact) mass is 332 g/mol. The first kappa shape index (κ1) is 16.6. The van der Waals surface area contributed by atoms with Crippen molar-refractivity contribution in [3.05, 3.63) is 52.5 Å². The Morgan fingerprint density at radius 3 is 1.90 bits per heavy atom. The number of hydrogen-bond acceptors (Lipinski definition) is 3. The Labute approximate surface area is 143 Å². The van der Waals surface area contributed by atoms with Crippen molar-refractivity contribution in [3.8, 4) is 0 Å². The van der Waals surface area contributed by atoms with Gasteiger partial charge in [-0.2, -0.15) is 0 Å². The molecule has 0 unspecified atom stereocenters. The van der Waals surface area contributed by atoms with E-state index in [9.17, 15) is 13.0 Å². The summed E-state index contributed by atoms with van der Waals surface area (Å²) in [5, 5.41) is 2.55. The van der Waals surface area contributed by atoms with E-state index < -0.39 is 10.1 Å². The molecule has 102 valence electrons. The van der Waals surface area contributed by atoms with Crippen molar-refractivity contribution in [2.24, 2.45) is 0 Å². The Hall–Kier alpha value is -0.733. The zero-order valence-electron chi connectivity index (χ0n) is 10.9. The second-order valence-corrected chi connectivity index (χ2v) is 6.41. The standard InChI is InChI=1S/C14H8Cl2O3S.Li/c15-13-8-4-1-2-5-9(8)14(16)12-10(13)6-3-7-11(12)20(17,18)19;/h1-7H,(H,17,18,19);/q;+1/p-1. The van der Waals surface area contributed by atoms with Crippen LogP contribution in [-0.2, 0) is 10.1 Å². The van der Waals surface area contributed by atoms with E-state index in [1.54, 1.807) is 24.3 Å². The Balaban J connectivity index is 0.00000161. The fourth-order valence-corrected chi connectivity index (χ4v) is 3.75. The molecule has 0 saturated carbocycles. The summed E-state index contributed by atoms with van der Waals surface area (Å²) >= 11 is 12.6. The van der Waals surface area contributed by atoms with Crippen LogP contribution < -0.4 is 18.9 Å². The van der Waals surface area contributed by atoms with Crippen LogP contribution in [0.5, 0.6) is 0 Å². The average molecular weight is 333 g/mol. The molecule has 3 aromatic carbocycles. The summed E-state index contributed by atoms with van der Waals surface area (Å²) in [6.45, 7) is 0. The van der Waals surface area contributed by atoms with E-state index in [2.05, 4.69) is 0 Å². The molecule has 3 rings (SSSR count). The number of benzene rings is 3.